The summed E-state index contributed by atoms with van der Waals surface area (Å²) in [5.74, 6) is 0.729. The molecule has 68 valence electrons. The number of fused-ring (bicyclic) bond motifs is 2. The lowest BCUT2D eigenvalue weighted by Gasteiger charge is -2.19. The monoisotopic (exact) mass is 174 g/mol. The molecule has 3 rings (SSSR count). The summed E-state index contributed by atoms with van der Waals surface area (Å²) in [5, 5.41) is 3.65. The van der Waals surface area contributed by atoms with Crippen molar-refractivity contribution < 1.29 is 0 Å². The van der Waals surface area contributed by atoms with Gasteiger partial charge in [0.15, 0.2) is 0 Å². The van der Waals surface area contributed by atoms with E-state index in [-0.39, 0.29) is 0 Å². The molecule has 1 aromatic heterocycles. The highest BCUT2D eigenvalue weighted by molar-refractivity contribution is 5.21. The molecule has 0 radical (unpaired) electrons. The van der Waals surface area contributed by atoms with E-state index in [1.807, 2.05) is 18.5 Å². The zero-order chi connectivity index (χ0) is 8.67. The van der Waals surface area contributed by atoms with E-state index >= 15 is 0 Å². The third-order valence-electron chi connectivity index (χ3n) is 3.41. The van der Waals surface area contributed by atoms with Crippen molar-refractivity contribution in [2.75, 3.05) is 0 Å². The minimum Gasteiger partial charge on any atom is -0.311 e. The molecule has 13 heavy (non-hydrogen) atoms. The van der Waals surface area contributed by atoms with Crippen molar-refractivity contribution in [3.63, 3.8) is 0 Å². The fourth-order valence-corrected chi connectivity index (χ4v) is 2.79. The van der Waals surface area contributed by atoms with E-state index in [1.54, 1.807) is 0 Å². The molecule has 1 aromatic rings. The third-order valence-corrected chi connectivity index (χ3v) is 3.41. The van der Waals surface area contributed by atoms with E-state index in [1.165, 1.54) is 24.8 Å². The summed E-state index contributed by atoms with van der Waals surface area (Å²) in [4.78, 5) is 4.19. The van der Waals surface area contributed by atoms with Crippen LogP contribution in [0.3, 0.4) is 0 Å². The number of nitrogens with zero attached hydrogens (tertiary/aromatic N) is 1. The molecule has 0 aliphatic carbocycles. The van der Waals surface area contributed by atoms with E-state index < -0.39 is 0 Å². The summed E-state index contributed by atoms with van der Waals surface area (Å²) >= 11 is 0. The quantitative estimate of drug-likeness (QED) is 0.700. The summed E-state index contributed by atoms with van der Waals surface area (Å²) in [5.41, 5.74) is 1.42. The SMILES string of the molecule is c1cncc([C@H]2C[C@H]3CC[C@@H]2N3)c1. The molecule has 2 heteroatoms. The number of rotatable bonds is 1. The largest absolute Gasteiger partial charge is 0.311 e. The Morgan fingerprint density at radius 3 is 3.00 bits per heavy atom. The molecular weight excluding hydrogens is 160 g/mol. The van der Waals surface area contributed by atoms with Crippen LogP contribution >= 0.6 is 0 Å². The first-order valence-electron chi connectivity index (χ1n) is 5.09. The van der Waals surface area contributed by atoms with E-state index in [0.29, 0.717) is 0 Å². The highest BCUT2D eigenvalue weighted by atomic mass is 15.0. The Balaban J connectivity index is 1.87. The Bertz CT molecular complexity index is 296. The van der Waals surface area contributed by atoms with E-state index in [9.17, 15) is 0 Å². The van der Waals surface area contributed by atoms with Gasteiger partial charge in [0.2, 0.25) is 0 Å². The van der Waals surface area contributed by atoms with Crippen molar-refractivity contribution in [3.8, 4) is 0 Å². The molecule has 0 aromatic carbocycles. The van der Waals surface area contributed by atoms with E-state index in [4.69, 9.17) is 0 Å². The molecule has 3 heterocycles. The summed E-state index contributed by atoms with van der Waals surface area (Å²) in [6.45, 7) is 0. The van der Waals surface area contributed by atoms with Crippen LogP contribution in [-0.2, 0) is 0 Å². The lowest BCUT2D eigenvalue weighted by atomic mass is 9.85. The van der Waals surface area contributed by atoms with Crippen LogP contribution in [0.1, 0.15) is 30.7 Å². The molecule has 2 aliphatic rings. The summed E-state index contributed by atoms with van der Waals surface area (Å²) in [7, 11) is 0. The van der Waals surface area contributed by atoms with Gasteiger partial charge in [-0.3, -0.25) is 4.98 Å². The Labute approximate surface area is 78.4 Å². The fraction of sp³-hybridized carbons (Fsp3) is 0.545. The van der Waals surface area contributed by atoms with Gasteiger partial charge in [-0.25, -0.2) is 0 Å². The third kappa shape index (κ3) is 1.17. The normalized spacial score (nSPS) is 36.8. The molecule has 0 unspecified atom stereocenters. The highest BCUT2D eigenvalue weighted by Gasteiger charge is 2.39. The molecule has 2 bridgehead atoms. The maximum Gasteiger partial charge on any atom is 0.0303 e. The van der Waals surface area contributed by atoms with Crippen molar-refractivity contribution in [3.05, 3.63) is 30.1 Å². The molecular formula is C11H14N2. The van der Waals surface area contributed by atoms with Crippen LogP contribution in [0.2, 0.25) is 0 Å². The fourth-order valence-electron chi connectivity index (χ4n) is 2.79. The average Bonchev–Trinajstić information content (AvgIpc) is 2.80. The van der Waals surface area contributed by atoms with Crippen molar-refractivity contribution in [1.29, 1.82) is 0 Å². The van der Waals surface area contributed by atoms with E-state index in [0.717, 1.165) is 18.0 Å². The molecule has 3 atom stereocenters. The number of nitrogens with one attached hydrogen (secondary N) is 1. The Kier molecular flexibility index (Phi) is 1.62. The maximum absolute atomic E-state index is 4.19. The minimum atomic E-state index is 0.729. The van der Waals surface area contributed by atoms with Gasteiger partial charge in [0, 0.05) is 30.4 Å². The minimum absolute atomic E-state index is 0.729. The number of hydrogen-bond acceptors (Lipinski definition) is 2. The second kappa shape index (κ2) is 2.81. The van der Waals surface area contributed by atoms with Crippen molar-refractivity contribution in [2.45, 2.75) is 37.3 Å². The van der Waals surface area contributed by atoms with Crippen molar-refractivity contribution in [2.24, 2.45) is 0 Å². The van der Waals surface area contributed by atoms with Gasteiger partial charge in [-0.15, -0.1) is 0 Å². The molecule has 2 fully saturated rings. The first-order valence-corrected chi connectivity index (χ1v) is 5.09. The number of hydrogen-bond donors (Lipinski definition) is 1. The maximum atomic E-state index is 4.19. The van der Waals surface area contributed by atoms with Gasteiger partial charge in [-0.05, 0) is 30.9 Å². The number of pyridine rings is 1. The van der Waals surface area contributed by atoms with Gasteiger partial charge in [0.1, 0.15) is 0 Å². The Morgan fingerprint density at radius 2 is 2.38 bits per heavy atom. The van der Waals surface area contributed by atoms with Crippen LogP contribution in [0.4, 0.5) is 0 Å². The van der Waals surface area contributed by atoms with E-state index in [2.05, 4.69) is 16.4 Å². The predicted molar refractivity (Wildman–Crippen MR) is 51.5 cm³/mol. The van der Waals surface area contributed by atoms with Crippen LogP contribution in [-0.4, -0.2) is 17.1 Å². The standard InChI is InChI=1S/C11H14N2/c1-2-8(7-12-5-1)10-6-9-3-4-11(10)13-9/h1-2,5,7,9-11,13H,3-4,6H2/t9-,10-,11+/m1/s1. The first kappa shape index (κ1) is 7.51. The summed E-state index contributed by atoms with van der Waals surface area (Å²) in [6.07, 6.45) is 7.92. The molecule has 2 saturated heterocycles. The molecule has 2 nitrogen and oxygen atoms in total. The zero-order valence-electron chi connectivity index (χ0n) is 7.61. The molecule has 0 saturated carbocycles. The Hall–Kier alpha value is -0.890. The second-order valence-electron chi connectivity index (χ2n) is 4.18. The van der Waals surface area contributed by atoms with Crippen molar-refractivity contribution in [1.82, 2.24) is 10.3 Å². The first-order chi connectivity index (χ1) is 6.43. The van der Waals surface area contributed by atoms with Crippen LogP contribution in [0, 0.1) is 0 Å². The molecule has 2 aliphatic heterocycles. The molecule has 0 amide bonds. The lowest BCUT2D eigenvalue weighted by molar-refractivity contribution is 0.505. The Morgan fingerprint density at radius 1 is 1.38 bits per heavy atom. The second-order valence-corrected chi connectivity index (χ2v) is 4.18. The van der Waals surface area contributed by atoms with Crippen LogP contribution in [0.25, 0.3) is 0 Å². The highest BCUT2D eigenvalue weighted by Crippen LogP contribution is 2.39. The van der Waals surface area contributed by atoms with Crippen LogP contribution in [0.15, 0.2) is 24.5 Å². The zero-order valence-corrected chi connectivity index (χ0v) is 7.61. The number of aromatic nitrogens is 1. The average molecular weight is 174 g/mol. The molecule has 0 spiro atoms. The van der Waals surface area contributed by atoms with Gasteiger partial charge in [0.05, 0.1) is 0 Å². The molecule has 1 N–H and O–H groups in total. The predicted octanol–water partition coefficient (Wildman–Crippen LogP) is 1.69. The summed E-state index contributed by atoms with van der Waals surface area (Å²) < 4.78 is 0. The van der Waals surface area contributed by atoms with Crippen LogP contribution < -0.4 is 5.32 Å². The topological polar surface area (TPSA) is 24.9 Å². The van der Waals surface area contributed by atoms with Gasteiger partial charge < -0.3 is 5.32 Å². The van der Waals surface area contributed by atoms with Gasteiger partial charge in [0.25, 0.3) is 0 Å². The van der Waals surface area contributed by atoms with Gasteiger partial charge in [-0.2, -0.15) is 0 Å². The summed E-state index contributed by atoms with van der Waals surface area (Å²) in [6, 6.07) is 5.77. The van der Waals surface area contributed by atoms with Gasteiger partial charge >= 0.3 is 0 Å². The lowest BCUT2D eigenvalue weighted by Crippen LogP contribution is -2.21. The van der Waals surface area contributed by atoms with Crippen molar-refractivity contribution >= 4 is 0 Å². The van der Waals surface area contributed by atoms with Gasteiger partial charge in [-0.1, -0.05) is 6.07 Å². The smallest absolute Gasteiger partial charge is 0.0303 e. The van der Waals surface area contributed by atoms with Crippen LogP contribution in [0.5, 0.6) is 0 Å².